The summed E-state index contributed by atoms with van der Waals surface area (Å²) < 4.78 is 0.715. The lowest BCUT2D eigenvalue weighted by atomic mass is 10.2. The molecule has 0 aliphatic carbocycles. The van der Waals surface area contributed by atoms with Crippen molar-refractivity contribution >= 4 is 56.5 Å². The lowest BCUT2D eigenvalue weighted by Crippen LogP contribution is -2.15. The Morgan fingerprint density at radius 1 is 1.31 bits per heavy atom. The largest absolute Gasteiger partial charge is 0.323 e. The van der Waals surface area contributed by atoms with Gasteiger partial charge in [-0.1, -0.05) is 39.1 Å². The number of benzene rings is 1. The highest BCUT2D eigenvalue weighted by Crippen LogP contribution is 2.33. The normalized spacial score (nSPS) is 10.0. The average molecular weight is 325 g/mol. The Morgan fingerprint density at radius 3 is 2.25 bits per heavy atom. The van der Waals surface area contributed by atoms with Crippen LogP contribution in [0, 0.1) is 0 Å². The number of hydrogen-bond acceptors (Lipinski definition) is 2. The van der Waals surface area contributed by atoms with Gasteiger partial charge in [0, 0.05) is 4.47 Å². The number of hydrogen-bond donors (Lipinski definition) is 1. The molecule has 1 rings (SSSR count). The quantitative estimate of drug-likeness (QED) is 0.862. The van der Waals surface area contributed by atoms with E-state index in [-0.39, 0.29) is 12.2 Å². The molecule has 86 valence electrons. The number of rotatable bonds is 3. The lowest BCUT2D eigenvalue weighted by molar-refractivity contribution is -0.124. The molecule has 0 radical (unpaired) electrons. The van der Waals surface area contributed by atoms with Crippen LogP contribution in [0.3, 0.4) is 0 Å². The van der Waals surface area contributed by atoms with E-state index in [0.29, 0.717) is 20.2 Å². The van der Waals surface area contributed by atoms with Gasteiger partial charge in [0.2, 0.25) is 5.91 Å². The van der Waals surface area contributed by atoms with Crippen LogP contribution in [0.4, 0.5) is 5.69 Å². The fraction of sp³-hybridized carbons (Fsp3) is 0.200. The summed E-state index contributed by atoms with van der Waals surface area (Å²) in [4.78, 5) is 22.1. The molecular formula is C10H8BrCl2NO2. The highest BCUT2D eigenvalue weighted by Gasteiger charge is 2.12. The standard InChI is InChI=1S/C10H8BrCl2NO2/c1-5(15)2-9(16)14-10-7(12)3-6(11)4-8(10)13/h3-4H,2H2,1H3,(H,14,16). The van der Waals surface area contributed by atoms with Crippen molar-refractivity contribution in [3.8, 4) is 0 Å². The molecule has 0 saturated heterocycles. The molecule has 6 heteroatoms. The molecule has 1 aromatic rings. The van der Waals surface area contributed by atoms with Crippen molar-refractivity contribution in [2.24, 2.45) is 0 Å². The highest BCUT2D eigenvalue weighted by atomic mass is 79.9. The number of Topliss-reactive ketones (excluding diaryl/α,β-unsaturated/α-hetero) is 1. The zero-order chi connectivity index (χ0) is 12.3. The van der Waals surface area contributed by atoms with Gasteiger partial charge in [-0.05, 0) is 19.1 Å². The minimum Gasteiger partial charge on any atom is -0.323 e. The summed E-state index contributed by atoms with van der Waals surface area (Å²) in [6.45, 7) is 1.34. The summed E-state index contributed by atoms with van der Waals surface area (Å²) in [5.74, 6) is -0.652. The molecule has 0 aliphatic rings. The second-order valence-corrected chi connectivity index (χ2v) is 4.90. The number of nitrogens with one attached hydrogen (secondary N) is 1. The van der Waals surface area contributed by atoms with Gasteiger partial charge in [0.25, 0.3) is 0 Å². The van der Waals surface area contributed by atoms with Crippen molar-refractivity contribution in [3.05, 3.63) is 26.7 Å². The molecule has 0 aliphatic heterocycles. The van der Waals surface area contributed by atoms with Gasteiger partial charge >= 0.3 is 0 Å². The number of halogens is 3. The number of carbonyl (C=O) groups excluding carboxylic acids is 2. The predicted molar refractivity (Wildman–Crippen MR) is 68.1 cm³/mol. The fourth-order valence-corrected chi connectivity index (χ4v) is 2.37. The summed E-state index contributed by atoms with van der Waals surface area (Å²) in [5, 5.41) is 3.12. The Balaban J connectivity index is 2.89. The maximum atomic E-state index is 11.4. The minimum atomic E-state index is -0.432. The lowest BCUT2D eigenvalue weighted by Gasteiger charge is -2.08. The van der Waals surface area contributed by atoms with Crippen LogP contribution in [0.15, 0.2) is 16.6 Å². The average Bonchev–Trinajstić information content (AvgIpc) is 2.09. The van der Waals surface area contributed by atoms with E-state index >= 15 is 0 Å². The third-order valence-corrected chi connectivity index (χ3v) is 2.73. The molecule has 0 unspecified atom stereocenters. The van der Waals surface area contributed by atoms with E-state index in [9.17, 15) is 9.59 Å². The SMILES string of the molecule is CC(=O)CC(=O)Nc1c(Cl)cc(Br)cc1Cl. The first-order valence-corrected chi connectivity index (χ1v) is 5.89. The van der Waals surface area contributed by atoms with Crippen molar-refractivity contribution in [1.82, 2.24) is 0 Å². The molecule has 0 atom stereocenters. The monoisotopic (exact) mass is 323 g/mol. The second-order valence-electron chi connectivity index (χ2n) is 3.17. The van der Waals surface area contributed by atoms with Crippen LogP contribution >= 0.6 is 39.1 Å². The van der Waals surface area contributed by atoms with E-state index in [1.807, 2.05) is 0 Å². The maximum absolute atomic E-state index is 11.4. The Labute approximate surface area is 111 Å². The Kier molecular flexibility index (Phi) is 4.77. The van der Waals surface area contributed by atoms with E-state index < -0.39 is 5.91 Å². The highest BCUT2D eigenvalue weighted by molar-refractivity contribution is 9.10. The van der Waals surface area contributed by atoms with Gasteiger partial charge in [-0.25, -0.2) is 0 Å². The Morgan fingerprint density at radius 2 is 1.81 bits per heavy atom. The van der Waals surface area contributed by atoms with Gasteiger partial charge in [0.05, 0.1) is 22.2 Å². The summed E-state index contributed by atoms with van der Waals surface area (Å²) in [5.41, 5.74) is 0.317. The van der Waals surface area contributed by atoms with Crippen LogP contribution in [-0.2, 0) is 9.59 Å². The molecule has 0 spiro atoms. The third-order valence-electron chi connectivity index (χ3n) is 1.68. The van der Waals surface area contributed by atoms with Gasteiger partial charge in [0.1, 0.15) is 5.78 Å². The zero-order valence-electron chi connectivity index (χ0n) is 8.31. The number of carbonyl (C=O) groups is 2. The van der Waals surface area contributed by atoms with Crippen molar-refractivity contribution < 1.29 is 9.59 Å². The van der Waals surface area contributed by atoms with E-state index in [1.165, 1.54) is 6.92 Å². The first-order valence-electron chi connectivity index (χ1n) is 4.34. The topological polar surface area (TPSA) is 46.2 Å². The van der Waals surface area contributed by atoms with Gasteiger partial charge in [0.15, 0.2) is 0 Å². The second kappa shape index (κ2) is 5.66. The number of anilines is 1. The van der Waals surface area contributed by atoms with Crippen LogP contribution in [0.5, 0.6) is 0 Å². The van der Waals surface area contributed by atoms with Crippen LogP contribution in [-0.4, -0.2) is 11.7 Å². The fourth-order valence-electron chi connectivity index (χ4n) is 1.07. The van der Waals surface area contributed by atoms with Gasteiger partial charge < -0.3 is 5.32 Å². The van der Waals surface area contributed by atoms with Crippen LogP contribution in [0.25, 0.3) is 0 Å². The molecule has 16 heavy (non-hydrogen) atoms. The molecule has 1 amide bonds. The van der Waals surface area contributed by atoms with Crippen LogP contribution in [0.1, 0.15) is 13.3 Å². The number of amides is 1. The minimum absolute atomic E-state index is 0.192. The smallest absolute Gasteiger partial charge is 0.231 e. The molecular weight excluding hydrogens is 317 g/mol. The van der Waals surface area contributed by atoms with Crippen molar-refractivity contribution in [2.45, 2.75) is 13.3 Å². The van der Waals surface area contributed by atoms with Gasteiger partial charge in [-0.2, -0.15) is 0 Å². The molecule has 1 N–H and O–H groups in total. The van der Waals surface area contributed by atoms with Crippen LogP contribution in [0.2, 0.25) is 10.0 Å². The zero-order valence-corrected chi connectivity index (χ0v) is 11.4. The Bertz CT molecular complexity index is 425. The molecule has 0 bridgehead atoms. The van der Waals surface area contributed by atoms with E-state index in [4.69, 9.17) is 23.2 Å². The number of ketones is 1. The van der Waals surface area contributed by atoms with Gasteiger partial charge in [-0.15, -0.1) is 0 Å². The Hall–Kier alpha value is -0.580. The first-order chi connectivity index (χ1) is 7.40. The summed E-state index contributed by atoms with van der Waals surface area (Å²) in [7, 11) is 0. The molecule has 3 nitrogen and oxygen atoms in total. The van der Waals surface area contributed by atoms with E-state index in [2.05, 4.69) is 21.2 Å². The molecule has 1 aromatic carbocycles. The van der Waals surface area contributed by atoms with Gasteiger partial charge in [-0.3, -0.25) is 9.59 Å². The van der Waals surface area contributed by atoms with E-state index in [1.54, 1.807) is 12.1 Å². The molecule has 0 fully saturated rings. The summed E-state index contributed by atoms with van der Waals surface area (Å²) in [6.07, 6.45) is -0.192. The first kappa shape index (κ1) is 13.5. The van der Waals surface area contributed by atoms with Crippen LogP contribution < -0.4 is 5.32 Å². The molecule has 0 heterocycles. The van der Waals surface area contributed by atoms with Crippen molar-refractivity contribution in [3.63, 3.8) is 0 Å². The summed E-state index contributed by atoms with van der Waals surface area (Å²) >= 11 is 15.0. The summed E-state index contributed by atoms with van der Waals surface area (Å²) in [6, 6.07) is 3.22. The third kappa shape index (κ3) is 3.77. The van der Waals surface area contributed by atoms with Crippen molar-refractivity contribution in [1.29, 1.82) is 0 Å². The maximum Gasteiger partial charge on any atom is 0.231 e. The molecule has 0 aromatic heterocycles. The predicted octanol–water partition coefficient (Wildman–Crippen LogP) is 3.67. The van der Waals surface area contributed by atoms with E-state index in [0.717, 1.165) is 0 Å². The van der Waals surface area contributed by atoms with Crippen molar-refractivity contribution in [2.75, 3.05) is 5.32 Å². The molecule has 0 saturated carbocycles.